The number of nitrogens with zero attached hydrogens (tertiary/aromatic N) is 2. The Morgan fingerprint density at radius 3 is 2.02 bits per heavy atom. The molecule has 53 heavy (non-hydrogen) atoms. The lowest BCUT2D eigenvalue weighted by Gasteiger charge is -2.23. The number of ketones is 1. The van der Waals surface area contributed by atoms with Crippen LogP contribution >= 0.6 is 23.2 Å². The Morgan fingerprint density at radius 1 is 0.679 bits per heavy atom. The Kier molecular flexibility index (Phi) is 12.8. The second kappa shape index (κ2) is 18.1. The number of fused-ring (bicyclic) bond motifs is 3. The van der Waals surface area contributed by atoms with Crippen molar-refractivity contribution in [3.63, 3.8) is 0 Å². The quantitative estimate of drug-likeness (QED) is 0.0285. The summed E-state index contributed by atoms with van der Waals surface area (Å²) >= 11 is 11.9. The summed E-state index contributed by atoms with van der Waals surface area (Å²) in [5.74, 6) is 1.16. The minimum absolute atomic E-state index is 0.153. The second-order valence-corrected chi connectivity index (χ2v) is 14.1. The standard InChI is InChI=1S/C44H45Cl2N5O2/c45-23-26-50(27-24-46)37-19-13-31(14-20-37)6-4-9-38(52)10-5-25-49-44(53)34-15-11-32(12-16-34)30-51-42-29-36(48)18-22-40(42)39-21-17-35(47)28-41(39)43(51)33-7-2-1-3-8-33/h1-3,7-8,11-22,28-29,48H,4-6,9-10,23-27,30,47H2,(H,49,53)/p+1. The molecule has 7 nitrogen and oxygen atoms in total. The number of nitrogens with one attached hydrogen (secondary N) is 1. The number of hydrogen-bond acceptors (Lipinski definition) is 5. The highest BCUT2D eigenvalue weighted by Gasteiger charge is 2.24. The molecule has 0 aliphatic rings. The summed E-state index contributed by atoms with van der Waals surface area (Å²) in [6.45, 7) is 2.51. The van der Waals surface area contributed by atoms with Gasteiger partial charge in [0.15, 0.2) is 6.54 Å². The number of hydrogen-bond donors (Lipinski definition) is 3. The van der Waals surface area contributed by atoms with Gasteiger partial charge in [0.1, 0.15) is 5.78 Å². The Hall–Kier alpha value is -5.11. The number of amides is 1. The molecule has 0 fully saturated rings. The van der Waals surface area contributed by atoms with Crippen LogP contribution in [0.3, 0.4) is 0 Å². The molecule has 1 amide bonds. The first-order chi connectivity index (χ1) is 25.8. The van der Waals surface area contributed by atoms with E-state index in [0.717, 1.165) is 70.1 Å². The van der Waals surface area contributed by atoms with Crippen molar-refractivity contribution >= 4 is 73.6 Å². The van der Waals surface area contributed by atoms with Crippen LogP contribution in [0.25, 0.3) is 32.9 Å². The Balaban J connectivity index is 1.04. The van der Waals surface area contributed by atoms with Crippen molar-refractivity contribution < 1.29 is 14.2 Å². The summed E-state index contributed by atoms with van der Waals surface area (Å²) in [6, 6.07) is 38.4. The molecule has 0 aliphatic heterocycles. The number of alkyl halides is 2. The van der Waals surface area contributed by atoms with Gasteiger partial charge in [-0.1, -0.05) is 48.5 Å². The normalized spacial score (nSPS) is 11.2. The number of halogens is 2. The van der Waals surface area contributed by atoms with E-state index in [1.807, 2.05) is 66.7 Å². The van der Waals surface area contributed by atoms with Gasteiger partial charge >= 0.3 is 0 Å². The maximum atomic E-state index is 13.0. The van der Waals surface area contributed by atoms with Crippen LogP contribution in [0.1, 0.15) is 47.2 Å². The number of pyridine rings is 1. The average molecular weight is 748 g/mol. The zero-order chi connectivity index (χ0) is 37.2. The number of aryl methyl sites for hydroxylation is 1. The van der Waals surface area contributed by atoms with Crippen LogP contribution in [-0.4, -0.2) is 43.1 Å². The zero-order valence-corrected chi connectivity index (χ0v) is 31.4. The van der Waals surface area contributed by atoms with Crippen molar-refractivity contribution in [2.45, 2.75) is 38.6 Å². The summed E-state index contributed by atoms with van der Waals surface area (Å²) in [5.41, 5.74) is 21.1. The number of nitrogens with two attached hydrogens (primary N) is 2. The number of carbonyl (C=O) groups is 2. The lowest BCUT2D eigenvalue weighted by Crippen LogP contribution is -2.38. The number of anilines is 3. The third kappa shape index (κ3) is 9.47. The molecule has 0 unspecified atom stereocenters. The number of rotatable bonds is 17. The molecule has 0 atom stereocenters. The number of carbonyl (C=O) groups excluding carboxylic acids is 2. The van der Waals surface area contributed by atoms with Gasteiger partial charge in [-0.15, -0.1) is 23.2 Å². The molecule has 0 saturated heterocycles. The van der Waals surface area contributed by atoms with E-state index in [0.29, 0.717) is 61.1 Å². The van der Waals surface area contributed by atoms with E-state index < -0.39 is 0 Å². The molecule has 6 aromatic rings. The highest BCUT2D eigenvalue weighted by Crippen LogP contribution is 2.33. The Bertz CT molecular complexity index is 2170. The van der Waals surface area contributed by atoms with E-state index in [-0.39, 0.29) is 11.7 Å². The zero-order valence-electron chi connectivity index (χ0n) is 29.9. The largest absolute Gasteiger partial charge is 0.399 e. The van der Waals surface area contributed by atoms with E-state index in [1.165, 1.54) is 5.56 Å². The molecule has 0 spiro atoms. The Morgan fingerprint density at radius 2 is 1.32 bits per heavy atom. The maximum absolute atomic E-state index is 13.0. The van der Waals surface area contributed by atoms with E-state index in [4.69, 9.17) is 34.7 Å². The van der Waals surface area contributed by atoms with Gasteiger partial charge in [0.2, 0.25) is 11.2 Å². The fourth-order valence-corrected chi connectivity index (χ4v) is 7.33. The fourth-order valence-electron chi connectivity index (χ4n) is 6.93. The monoisotopic (exact) mass is 746 g/mol. The highest BCUT2D eigenvalue weighted by molar-refractivity contribution is 6.18. The Labute approximate surface area is 321 Å². The number of Topliss-reactive ketones (excluding diaryl/α,β-unsaturated/α-hetero) is 1. The van der Waals surface area contributed by atoms with Gasteiger partial charge in [0.25, 0.3) is 5.91 Å². The SMILES string of the molecule is Nc1ccc2c(c1)c(-c1ccccc1)[n+](Cc1ccc(C(=O)NCCCC(=O)CCCc3ccc(N(CCCl)CCCl)cc3)cc1)c1cc(N)ccc21. The van der Waals surface area contributed by atoms with E-state index in [2.05, 4.69) is 63.3 Å². The van der Waals surface area contributed by atoms with E-state index in [9.17, 15) is 9.59 Å². The third-order valence-electron chi connectivity index (χ3n) is 9.62. The molecule has 0 radical (unpaired) electrons. The van der Waals surface area contributed by atoms with Gasteiger partial charge < -0.3 is 21.7 Å². The van der Waals surface area contributed by atoms with Crippen molar-refractivity contribution in [3.8, 4) is 11.3 Å². The number of benzene rings is 5. The van der Waals surface area contributed by atoms with Gasteiger partial charge in [-0.2, -0.15) is 4.57 Å². The average Bonchev–Trinajstić information content (AvgIpc) is 3.17. The smallest absolute Gasteiger partial charge is 0.251 e. The maximum Gasteiger partial charge on any atom is 0.251 e. The van der Waals surface area contributed by atoms with Gasteiger partial charge in [-0.25, -0.2) is 0 Å². The molecule has 1 heterocycles. The molecule has 6 rings (SSSR count). The van der Waals surface area contributed by atoms with Crippen LogP contribution in [0, 0.1) is 0 Å². The van der Waals surface area contributed by atoms with Gasteiger partial charge in [-0.05, 0) is 85.5 Å². The van der Waals surface area contributed by atoms with Crippen LogP contribution in [0.4, 0.5) is 17.1 Å². The summed E-state index contributed by atoms with van der Waals surface area (Å²) in [6.07, 6.45) is 3.22. The predicted molar refractivity (Wildman–Crippen MR) is 221 cm³/mol. The van der Waals surface area contributed by atoms with Crippen LogP contribution in [-0.2, 0) is 17.8 Å². The van der Waals surface area contributed by atoms with Crippen LogP contribution in [0.2, 0.25) is 0 Å². The molecule has 9 heteroatoms. The lowest BCUT2D eigenvalue weighted by molar-refractivity contribution is -0.650. The van der Waals surface area contributed by atoms with Gasteiger partial charge in [-0.3, -0.25) is 9.59 Å². The van der Waals surface area contributed by atoms with E-state index in [1.54, 1.807) is 0 Å². The summed E-state index contributed by atoms with van der Waals surface area (Å²) in [5, 5.41) is 6.23. The number of nitrogen functional groups attached to an aromatic ring is 2. The second-order valence-electron chi connectivity index (χ2n) is 13.4. The highest BCUT2D eigenvalue weighted by atomic mass is 35.5. The predicted octanol–water partition coefficient (Wildman–Crippen LogP) is 8.55. The van der Waals surface area contributed by atoms with Crippen LogP contribution in [0.15, 0.2) is 115 Å². The summed E-state index contributed by atoms with van der Waals surface area (Å²) in [4.78, 5) is 27.8. The van der Waals surface area contributed by atoms with Crippen molar-refractivity contribution in [1.29, 1.82) is 0 Å². The molecule has 5 aromatic carbocycles. The summed E-state index contributed by atoms with van der Waals surface area (Å²) < 4.78 is 2.28. The van der Waals surface area contributed by atoms with Crippen molar-refractivity contribution in [2.75, 3.05) is 47.8 Å². The number of aromatic nitrogens is 1. The first-order valence-corrected chi connectivity index (χ1v) is 19.3. The van der Waals surface area contributed by atoms with Crippen molar-refractivity contribution in [1.82, 2.24) is 5.32 Å². The molecule has 272 valence electrons. The van der Waals surface area contributed by atoms with Crippen molar-refractivity contribution in [2.24, 2.45) is 0 Å². The summed E-state index contributed by atoms with van der Waals surface area (Å²) in [7, 11) is 0. The van der Waals surface area contributed by atoms with Crippen LogP contribution < -0.4 is 26.3 Å². The van der Waals surface area contributed by atoms with E-state index >= 15 is 0 Å². The molecule has 0 aliphatic carbocycles. The minimum Gasteiger partial charge on any atom is -0.399 e. The first-order valence-electron chi connectivity index (χ1n) is 18.2. The molecular formula is C44H46Cl2N5O2+. The lowest BCUT2D eigenvalue weighted by atomic mass is 9.97. The molecule has 0 saturated carbocycles. The molecule has 0 bridgehead atoms. The fraction of sp³-hybridized carbons (Fsp3) is 0.250. The van der Waals surface area contributed by atoms with Crippen LogP contribution in [0.5, 0.6) is 0 Å². The van der Waals surface area contributed by atoms with Gasteiger partial charge in [0, 0.05) is 89.4 Å². The van der Waals surface area contributed by atoms with Gasteiger partial charge in [0.05, 0.1) is 10.8 Å². The topological polar surface area (TPSA) is 105 Å². The molecule has 5 N–H and O–H groups in total. The minimum atomic E-state index is -0.153. The first kappa shape index (κ1) is 37.6. The third-order valence-corrected chi connectivity index (χ3v) is 9.96. The van der Waals surface area contributed by atoms with Crippen molar-refractivity contribution in [3.05, 3.63) is 132 Å². The molecular weight excluding hydrogens is 701 g/mol. The molecule has 1 aromatic heterocycles.